The van der Waals surface area contributed by atoms with E-state index in [0.29, 0.717) is 17.2 Å². The van der Waals surface area contributed by atoms with Gasteiger partial charge in [0.2, 0.25) is 0 Å². The standard InChI is InChI=1S/C12H12ClNO/c1-3-15-5-4-10-6-12(13)7-11(8-14)9(10)2/h4-7H,3H2,1-2H3. The van der Waals surface area contributed by atoms with E-state index in [4.69, 9.17) is 21.6 Å². The third kappa shape index (κ3) is 3.00. The molecule has 1 aromatic rings. The van der Waals surface area contributed by atoms with Gasteiger partial charge in [-0.1, -0.05) is 11.6 Å². The molecule has 0 bridgehead atoms. The molecule has 3 heteroatoms. The van der Waals surface area contributed by atoms with Crippen molar-refractivity contribution < 1.29 is 4.74 Å². The molecular weight excluding hydrogens is 210 g/mol. The molecule has 78 valence electrons. The molecule has 0 spiro atoms. The predicted octanol–water partition coefficient (Wildman–Crippen LogP) is 3.53. The number of nitrogens with zero attached hydrogens (tertiary/aromatic N) is 1. The van der Waals surface area contributed by atoms with Gasteiger partial charge in [0.15, 0.2) is 0 Å². The van der Waals surface area contributed by atoms with Crippen LogP contribution in [0.5, 0.6) is 0 Å². The lowest BCUT2D eigenvalue weighted by Gasteiger charge is -2.03. The second-order valence-corrected chi connectivity index (χ2v) is 3.47. The van der Waals surface area contributed by atoms with Crippen molar-refractivity contribution in [2.24, 2.45) is 0 Å². The summed E-state index contributed by atoms with van der Waals surface area (Å²) in [6, 6.07) is 5.58. The highest BCUT2D eigenvalue weighted by Gasteiger charge is 2.03. The van der Waals surface area contributed by atoms with Gasteiger partial charge in [0.25, 0.3) is 0 Å². The highest BCUT2D eigenvalue weighted by Crippen LogP contribution is 2.21. The van der Waals surface area contributed by atoms with Crippen LogP contribution in [0.1, 0.15) is 23.6 Å². The van der Waals surface area contributed by atoms with Crippen LogP contribution in [0.3, 0.4) is 0 Å². The number of nitriles is 1. The van der Waals surface area contributed by atoms with Crippen molar-refractivity contribution in [3.05, 3.63) is 40.1 Å². The zero-order chi connectivity index (χ0) is 11.3. The third-order valence-corrected chi connectivity index (χ3v) is 2.26. The fourth-order valence-electron chi connectivity index (χ4n) is 1.21. The van der Waals surface area contributed by atoms with Gasteiger partial charge in [-0.2, -0.15) is 5.26 Å². The van der Waals surface area contributed by atoms with E-state index in [2.05, 4.69) is 6.07 Å². The maximum absolute atomic E-state index is 8.87. The molecular formula is C12H12ClNO. The number of hydrogen-bond donors (Lipinski definition) is 0. The summed E-state index contributed by atoms with van der Waals surface area (Å²) in [6.07, 6.45) is 3.42. The zero-order valence-electron chi connectivity index (χ0n) is 8.75. The van der Waals surface area contributed by atoms with Crippen molar-refractivity contribution in [3.8, 4) is 6.07 Å². The molecule has 0 N–H and O–H groups in total. The van der Waals surface area contributed by atoms with Gasteiger partial charge in [0.1, 0.15) is 0 Å². The molecule has 2 nitrogen and oxygen atoms in total. The van der Waals surface area contributed by atoms with Crippen molar-refractivity contribution in [1.82, 2.24) is 0 Å². The summed E-state index contributed by atoms with van der Waals surface area (Å²) >= 11 is 5.89. The van der Waals surface area contributed by atoms with E-state index in [1.54, 1.807) is 12.3 Å². The van der Waals surface area contributed by atoms with Gasteiger partial charge in [-0.3, -0.25) is 0 Å². The minimum atomic E-state index is 0.563. The Labute approximate surface area is 94.7 Å². The average Bonchev–Trinajstić information content (AvgIpc) is 2.23. The number of hydrogen-bond acceptors (Lipinski definition) is 2. The molecule has 0 saturated carbocycles. The first-order valence-corrected chi connectivity index (χ1v) is 5.05. The predicted molar refractivity (Wildman–Crippen MR) is 61.6 cm³/mol. The molecule has 1 aromatic carbocycles. The van der Waals surface area contributed by atoms with Gasteiger partial charge >= 0.3 is 0 Å². The Balaban J connectivity index is 3.08. The van der Waals surface area contributed by atoms with Crippen molar-refractivity contribution >= 4 is 17.7 Å². The Morgan fingerprint density at radius 2 is 2.27 bits per heavy atom. The van der Waals surface area contributed by atoms with Crippen LogP contribution >= 0.6 is 11.6 Å². The van der Waals surface area contributed by atoms with Gasteiger partial charge in [0.05, 0.1) is 24.5 Å². The average molecular weight is 222 g/mol. The molecule has 0 unspecified atom stereocenters. The first-order chi connectivity index (χ1) is 7.19. The molecule has 0 aliphatic heterocycles. The summed E-state index contributed by atoms with van der Waals surface area (Å²) in [6.45, 7) is 4.43. The van der Waals surface area contributed by atoms with Crippen LogP contribution < -0.4 is 0 Å². The molecule has 0 radical (unpaired) electrons. The molecule has 0 aromatic heterocycles. The Morgan fingerprint density at radius 1 is 1.53 bits per heavy atom. The summed E-state index contributed by atoms with van der Waals surface area (Å²) < 4.78 is 5.10. The molecule has 0 fully saturated rings. The first-order valence-electron chi connectivity index (χ1n) is 4.67. The van der Waals surface area contributed by atoms with Crippen LogP contribution in [0.2, 0.25) is 5.02 Å². The van der Waals surface area contributed by atoms with Gasteiger partial charge in [-0.25, -0.2) is 0 Å². The van der Waals surface area contributed by atoms with Crippen molar-refractivity contribution in [2.45, 2.75) is 13.8 Å². The summed E-state index contributed by atoms with van der Waals surface area (Å²) in [7, 11) is 0. The van der Waals surface area contributed by atoms with E-state index in [-0.39, 0.29) is 0 Å². The van der Waals surface area contributed by atoms with E-state index in [0.717, 1.165) is 11.1 Å². The largest absolute Gasteiger partial charge is 0.501 e. The Bertz CT molecular complexity index is 418. The minimum absolute atomic E-state index is 0.563. The Kier molecular flexibility index (Phi) is 4.20. The fourth-order valence-corrected chi connectivity index (χ4v) is 1.43. The highest BCUT2D eigenvalue weighted by molar-refractivity contribution is 6.30. The minimum Gasteiger partial charge on any atom is -0.501 e. The number of halogens is 1. The maximum Gasteiger partial charge on any atom is 0.0995 e. The molecule has 0 aliphatic rings. The monoisotopic (exact) mass is 221 g/mol. The van der Waals surface area contributed by atoms with E-state index in [1.165, 1.54) is 0 Å². The maximum atomic E-state index is 8.87. The van der Waals surface area contributed by atoms with Crippen molar-refractivity contribution in [1.29, 1.82) is 5.26 Å². The summed E-state index contributed by atoms with van der Waals surface area (Å²) in [5.74, 6) is 0. The normalized spacial score (nSPS) is 10.3. The zero-order valence-corrected chi connectivity index (χ0v) is 9.51. The quantitative estimate of drug-likeness (QED) is 0.732. The van der Waals surface area contributed by atoms with Gasteiger partial charge in [-0.15, -0.1) is 0 Å². The van der Waals surface area contributed by atoms with Crippen LogP contribution in [0.4, 0.5) is 0 Å². The lowest BCUT2D eigenvalue weighted by Crippen LogP contribution is -1.88. The molecule has 0 saturated heterocycles. The molecule has 1 rings (SSSR count). The van der Waals surface area contributed by atoms with Crippen LogP contribution in [0.25, 0.3) is 6.08 Å². The summed E-state index contributed by atoms with van der Waals surface area (Å²) in [4.78, 5) is 0. The molecule has 0 atom stereocenters. The van der Waals surface area contributed by atoms with E-state index < -0.39 is 0 Å². The van der Waals surface area contributed by atoms with E-state index in [1.807, 2.05) is 26.0 Å². The van der Waals surface area contributed by atoms with Crippen LogP contribution in [0.15, 0.2) is 18.4 Å². The van der Waals surface area contributed by atoms with Crippen molar-refractivity contribution in [3.63, 3.8) is 0 Å². The fraction of sp³-hybridized carbons (Fsp3) is 0.250. The first kappa shape index (κ1) is 11.6. The smallest absolute Gasteiger partial charge is 0.0995 e. The second-order valence-electron chi connectivity index (χ2n) is 3.04. The van der Waals surface area contributed by atoms with E-state index >= 15 is 0 Å². The van der Waals surface area contributed by atoms with Crippen molar-refractivity contribution in [2.75, 3.05) is 6.61 Å². The number of ether oxygens (including phenoxy) is 1. The van der Waals surface area contributed by atoms with Crippen LogP contribution in [-0.4, -0.2) is 6.61 Å². The van der Waals surface area contributed by atoms with Gasteiger partial charge < -0.3 is 4.74 Å². The summed E-state index contributed by atoms with van der Waals surface area (Å²) in [5.41, 5.74) is 2.42. The highest BCUT2D eigenvalue weighted by atomic mass is 35.5. The SMILES string of the molecule is CCOC=Cc1cc(Cl)cc(C#N)c1C. The topological polar surface area (TPSA) is 33.0 Å². The van der Waals surface area contributed by atoms with E-state index in [9.17, 15) is 0 Å². The lowest BCUT2D eigenvalue weighted by atomic mass is 10.0. The second kappa shape index (κ2) is 5.43. The Morgan fingerprint density at radius 3 is 2.87 bits per heavy atom. The van der Waals surface area contributed by atoms with Crippen LogP contribution in [0, 0.1) is 18.3 Å². The molecule has 0 aliphatic carbocycles. The molecule has 0 heterocycles. The number of rotatable bonds is 3. The van der Waals surface area contributed by atoms with Gasteiger partial charge in [0, 0.05) is 5.02 Å². The third-order valence-electron chi connectivity index (χ3n) is 2.04. The Hall–Kier alpha value is -1.46. The lowest BCUT2D eigenvalue weighted by molar-refractivity contribution is 0.272. The van der Waals surface area contributed by atoms with Crippen LogP contribution in [-0.2, 0) is 4.74 Å². The summed E-state index contributed by atoms with van der Waals surface area (Å²) in [5, 5.41) is 9.44. The number of benzene rings is 1. The van der Waals surface area contributed by atoms with Gasteiger partial charge in [-0.05, 0) is 43.2 Å². The molecule has 0 amide bonds. The molecule has 15 heavy (non-hydrogen) atoms.